The molecular formula is C17H22N4O5. The highest BCUT2D eigenvalue weighted by molar-refractivity contribution is 5.97. The molecule has 1 saturated heterocycles. The highest BCUT2D eigenvalue weighted by atomic mass is 16.6. The number of fused-ring (bicyclic) bond motifs is 1. The maximum absolute atomic E-state index is 12.2. The summed E-state index contributed by atoms with van der Waals surface area (Å²) >= 11 is 0. The van der Waals surface area contributed by atoms with Gasteiger partial charge in [0.1, 0.15) is 5.60 Å². The lowest BCUT2D eigenvalue weighted by Gasteiger charge is -2.31. The van der Waals surface area contributed by atoms with Crippen molar-refractivity contribution in [2.45, 2.75) is 45.8 Å². The Morgan fingerprint density at radius 2 is 2.08 bits per heavy atom. The molecule has 0 radical (unpaired) electrons. The lowest BCUT2D eigenvalue weighted by molar-refractivity contribution is -0.141. The number of ether oxygens (including phenoxy) is 1. The van der Waals surface area contributed by atoms with Crippen LogP contribution in [0.1, 0.15) is 38.4 Å². The molecule has 1 unspecified atom stereocenters. The monoisotopic (exact) mass is 362 g/mol. The topological polar surface area (TPSA) is 113 Å². The minimum atomic E-state index is -0.994. The maximum atomic E-state index is 12.2. The van der Waals surface area contributed by atoms with Crippen molar-refractivity contribution in [2.24, 2.45) is 5.92 Å². The highest BCUT2D eigenvalue weighted by Crippen LogP contribution is 2.25. The first kappa shape index (κ1) is 18.1. The fraction of sp³-hybridized carbons (Fsp3) is 0.588. The number of aliphatic carboxylic acids is 1. The van der Waals surface area contributed by atoms with E-state index in [2.05, 4.69) is 9.97 Å². The minimum Gasteiger partial charge on any atom is -0.481 e. The molecule has 1 aromatic heterocycles. The first-order valence-electron chi connectivity index (χ1n) is 8.50. The lowest BCUT2D eigenvalue weighted by atomic mass is 10.1. The van der Waals surface area contributed by atoms with Gasteiger partial charge in [0, 0.05) is 37.7 Å². The number of anilines is 1. The number of hydrogen-bond acceptors (Lipinski definition) is 6. The van der Waals surface area contributed by atoms with Gasteiger partial charge in [-0.15, -0.1) is 0 Å². The molecule has 1 aromatic rings. The Morgan fingerprint density at radius 1 is 1.35 bits per heavy atom. The Hall–Kier alpha value is -2.71. The summed E-state index contributed by atoms with van der Waals surface area (Å²) in [5.74, 6) is -1.79. The molecule has 0 aliphatic carbocycles. The fourth-order valence-corrected chi connectivity index (χ4v) is 2.98. The molecule has 0 spiro atoms. The predicted molar refractivity (Wildman–Crippen MR) is 90.5 cm³/mol. The zero-order chi connectivity index (χ0) is 19.1. The average molecular weight is 362 g/mol. The van der Waals surface area contributed by atoms with Crippen LogP contribution in [0.5, 0.6) is 0 Å². The minimum absolute atomic E-state index is 0.0395. The lowest BCUT2D eigenvalue weighted by Crippen LogP contribution is -2.40. The van der Waals surface area contributed by atoms with Gasteiger partial charge in [0.05, 0.1) is 18.2 Å². The van der Waals surface area contributed by atoms with E-state index in [0.717, 1.165) is 11.3 Å². The van der Waals surface area contributed by atoms with Gasteiger partial charge in [-0.25, -0.2) is 14.8 Å². The SMILES string of the molecule is CC(C)(C)OC(=O)N1CCc2nc(N3CC(C(=O)O)CC3=O)ncc2C1. The first-order valence-corrected chi connectivity index (χ1v) is 8.50. The summed E-state index contributed by atoms with van der Waals surface area (Å²) in [5, 5.41) is 9.08. The standard InChI is InChI=1S/C17H22N4O5/c1-17(2,3)26-16(25)20-5-4-12-11(8-20)7-18-15(19-12)21-9-10(14(23)24)6-13(21)22/h7,10H,4-6,8-9H2,1-3H3,(H,23,24). The second-order valence-electron chi connectivity index (χ2n) is 7.54. The van der Waals surface area contributed by atoms with E-state index < -0.39 is 17.5 Å². The van der Waals surface area contributed by atoms with Crippen molar-refractivity contribution in [2.75, 3.05) is 18.0 Å². The second kappa shape index (κ2) is 6.54. The number of rotatable bonds is 2. The van der Waals surface area contributed by atoms with E-state index in [1.54, 1.807) is 11.1 Å². The van der Waals surface area contributed by atoms with Crippen molar-refractivity contribution in [3.8, 4) is 0 Å². The van der Waals surface area contributed by atoms with Crippen molar-refractivity contribution < 1.29 is 24.2 Å². The van der Waals surface area contributed by atoms with Gasteiger partial charge in [-0.1, -0.05) is 0 Å². The molecule has 2 aliphatic heterocycles. The average Bonchev–Trinajstić information content (AvgIpc) is 2.94. The Morgan fingerprint density at radius 3 is 2.69 bits per heavy atom. The summed E-state index contributed by atoms with van der Waals surface area (Å²) < 4.78 is 5.38. The van der Waals surface area contributed by atoms with Crippen LogP contribution in [-0.4, -0.2) is 56.6 Å². The Labute approximate surface area is 151 Å². The van der Waals surface area contributed by atoms with Crippen LogP contribution in [0.3, 0.4) is 0 Å². The quantitative estimate of drug-likeness (QED) is 0.841. The number of aromatic nitrogens is 2. The first-order chi connectivity index (χ1) is 12.1. The second-order valence-corrected chi connectivity index (χ2v) is 7.54. The van der Waals surface area contributed by atoms with Gasteiger partial charge in [0.15, 0.2) is 0 Å². The van der Waals surface area contributed by atoms with Crippen LogP contribution in [0.25, 0.3) is 0 Å². The molecule has 2 amide bonds. The summed E-state index contributed by atoms with van der Waals surface area (Å²) in [4.78, 5) is 46.9. The fourth-order valence-electron chi connectivity index (χ4n) is 2.98. The van der Waals surface area contributed by atoms with Crippen LogP contribution in [0.4, 0.5) is 10.7 Å². The van der Waals surface area contributed by atoms with Crippen LogP contribution >= 0.6 is 0 Å². The number of carboxylic acids is 1. The maximum Gasteiger partial charge on any atom is 0.410 e. The Bertz CT molecular complexity index is 758. The molecular weight excluding hydrogens is 340 g/mol. The zero-order valence-corrected chi connectivity index (χ0v) is 15.1. The van der Waals surface area contributed by atoms with Crippen molar-refractivity contribution in [1.29, 1.82) is 0 Å². The van der Waals surface area contributed by atoms with Crippen molar-refractivity contribution in [1.82, 2.24) is 14.9 Å². The summed E-state index contributed by atoms with van der Waals surface area (Å²) in [6.45, 7) is 6.33. The third-order valence-corrected chi connectivity index (χ3v) is 4.29. The van der Waals surface area contributed by atoms with Crippen LogP contribution < -0.4 is 4.90 Å². The van der Waals surface area contributed by atoms with E-state index in [1.807, 2.05) is 20.8 Å². The van der Waals surface area contributed by atoms with E-state index in [0.29, 0.717) is 19.5 Å². The molecule has 9 nitrogen and oxygen atoms in total. The molecule has 1 atom stereocenters. The number of amides is 2. The third-order valence-electron chi connectivity index (χ3n) is 4.29. The molecule has 0 bridgehead atoms. The summed E-state index contributed by atoms with van der Waals surface area (Å²) in [5.41, 5.74) is 1.00. The molecule has 1 N–H and O–H groups in total. The van der Waals surface area contributed by atoms with Crippen molar-refractivity contribution >= 4 is 23.9 Å². The van der Waals surface area contributed by atoms with Gasteiger partial charge in [0.2, 0.25) is 11.9 Å². The van der Waals surface area contributed by atoms with Gasteiger partial charge < -0.3 is 14.7 Å². The Kier molecular flexibility index (Phi) is 4.55. The Balaban J connectivity index is 1.72. The molecule has 9 heteroatoms. The van der Waals surface area contributed by atoms with Crippen LogP contribution in [-0.2, 0) is 27.3 Å². The summed E-state index contributed by atoms with van der Waals surface area (Å²) in [7, 11) is 0. The molecule has 26 heavy (non-hydrogen) atoms. The molecule has 3 heterocycles. The van der Waals surface area contributed by atoms with Crippen LogP contribution in [0.2, 0.25) is 0 Å². The molecule has 2 aliphatic rings. The van der Waals surface area contributed by atoms with Crippen molar-refractivity contribution in [3.63, 3.8) is 0 Å². The van der Waals surface area contributed by atoms with E-state index in [-0.39, 0.29) is 30.9 Å². The third kappa shape index (κ3) is 3.76. The van der Waals surface area contributed by atoms with E-state index >= 15 is 0 Å². The number of nitrogens with zero attached hydrogens (tertiary/aromatic N) is 4. The van der Waals surface area contributed by atoms with Crippen LogP contribution in [0.15, 0.2) is 6.20 Å². The smallest absolute Gasteiger partial charge is 0.410 e. The number of carbonyl (C=O) groups is 3. The predicted octanol–water partition coefficient (Wildman–Crippen LogP) is 1.21. The van der Waals surface area contributed by atoms with Gasteiger partial charge in [-0.2, -0.15) is 0 Å². The zero-order valence-electron chi connectivity index (χ0n) is 15.1. The van der Waals surface area contributed by atoms with Gasteiger partial charge in [0.25, 0.3) is 0 Å². The number of carbonyl (C=O) groups excluding carboxylic acids is 2. The van der Waals surface area contributed by atoms with Crippen molar-refractivity contribution in [3.05, 3.63) is 17.5 Å². The molecule has 0 saturated carbocycles. The summed E-state index contributed by atoms with van der Waals surface area (Å²) in [6.07, 6.45) is 1.69. The van der Waals surface area contributed by atoms with Crippen LogP contribution in [0, 0.1) is 5.92 Å². The number of hydrogen-bond donors (Lipinski definition) is 1. The van der Waals surface area contributed by atoms with Gasteiger partial charge >= 0.3 is 12.1 Å². The van der Waals surface area contributed by atoms with E-state index in [9.17, 15) is 14.4 Å². The summed E-state index contributed by atoms with van der Waals surface area (Å²) in [6, 6.07) is 0. The molecule has 1 fully saturated rings. The largest absolute Gasteiger partial charge is 0.481 e. The van der Waals surface area contributed by atoms with E-state index in [1.165, 1.54) is 4.90 Å². The normalized spacial score (nSPS) is 20.1. The van der Waals surface area contributed by atoms with E-state index in [4.69, 9.17) is 9.84 Å². The number of carboxylic acid groups (broad SMARTS) is 1. The van der Waals surface area contributed by atoms with Gasteiger partial charge in [-0.3, -0.25) is 14.5 Å². The molecule has 0 aromatic carbocycles. The highest BCUT2D eigenvalue weighted by Gasteiger charge is 2.37. The molecule has 3 rings (SSSR count). The molecule has 140 valence electrons. The van der Waals surface area contributed by atoms with Gasteiger partial charge in [-0.05, 0) is 20.8 Å².